The molecule has 0 aliphatic heterocycles. The number of hydrogen-bond donors (Lipinski definition) is 2. The zero-order chi connectivity index (χ0) is 17.0. The second kappa shape index (κ2) is 7.18. The van der Waals surface area contributed by atoms with E-state index in [9.17, 15) is 4.79 Å². The van der Waals surface area contributed by atoms with Crippen molar-refractivity contribution in [3.05, 3.63) is 11.4 Å². The first kappa shape index (κ1) is 16.9. The van der Waals surface area contributed by atoms with Gasteiger partial charge >= 0.3 is 5.97 Å². The van der Waals surface area contributed by atoms with E-state index in [1.165, 1.54) is 9.58 Å². The number of carbonyl (C=O) groups excluding carboxylic acids is 1. The predicted molar refractivity (Wildman–Crippen MR) is 79.9 cm³/mol. The zero-order valence-corrected chi connectivity index (χ0v) is 13.7. The standard InChI is InChI=1S/C13H21N7O3/c1-5-19(6-2)7-9-10(13(21)22-8(3)4)15-18-20(9)12-11(14)16-23-17-12/h8H,5-7H2,1-4H3,(H2,14,16)/p+1. The van der Waals surface area contributed by atoms with E-state index in [0.29, 0.717) is 12.2 Å². The van der Waals surface area contributed by atoms with Gasteiger partial charge in [-0.05, 0) is 38.0 Å². The van der Waals surface area contributed by atoms with Crippen molar-refractivity contribution in [1.29, 1.82) is 0 Å². The number of carbonyl (C=O) groups is 1. The molecule has 2 heterocycles. The Hall–Kier alpha value is -2.49. The molecule has 0 aromatic carbocycles. The van der Waals surface area contributed by atoms with Crippen LogP contribution in [-0.4, -0.2) is 50.5 Å². The zero-order valence-electron chi connectivity index (χ0n) is 13.7. The Morgan fingerprint density at radius 1 is 1.35 bits per heavy atom. The number of hydrogen-bond acceptors (Lipinski definition) is 8. The number of aromatic nitrogens is 5. The van der Waals surface area contributed by atoms with Crippen LogP contribution in [0.4, 0.5) is 5.82 Å². The van der Waals surface area contributed by atoms with Crippen molar-refractivity contribution in [2.75, 3.05) is 18.8 Å². The topological polar surface area (TPSA) is 126 Å². The lowest BCUT2D eigenvalue weighted by molar-refractivity contribution is -0.910. The Bertz CT molecular complexity index is 660. The van der Waals surface area contributed by atoms with Gasteiger partial charge in [0.15, 0.2) is 5.69 Å². The van der Waals surface area contributed by atoms with E-state index >= 15 is 0 Å². The van der Waals surface area contributed by atoms with Crippen LogP contribution < -0.4 is 10.6 Å². The number of nitrogen functional groups attached to an aromatic ring is 1. The first-order valence-corrected chi connectivity index (χ1v) is 7.55. The number of ether oxygens (including phenoxy) is 1. The van der Waals surface area contributed by atoms with Crippen molar-refractivity contribution in [2.45, 2.75) is 40.3 Å². The highest BCUT2D eigenvalue weighted by Crippen LogP contribution is 2.16. The number of nitrogens with zero attached hydrogens (tertiary/aromatic N) is 5. The molecular formula is C13H22N7O3+. The largest absolute Gasteiger partial charge is 0.458 e. The van der Waals surface area contributed by atoms with Crippen molar-refractivity contribution >= 4 is 11.8 Å². The molecule has 0 amide bonds. The van der Waals surface area contributed by atoms with E-state index in [1.807, 2.05) is 0 Å². The normalized spacial score (nSPS) is 11.4. The summed E-state index contributed by atoms with van der Waals surface area (Å²) in [7, 11) is 0. The minimum Gasteiger partial charge on any atom is -0.458 e. The van der Waals surface area contributed by atoms with Gasteiger partial charge in [0.2, 0.25) is 11.6 Å². The third-order valence-electron chi connectivity index (χ3n) is 3.41. The smallest absolute Gasteiger partial charge is 0.361 e. The number of esters is 1. The Kier molecular flexibility index (Phi) is 5.27. The van der Waals surface area contributed by atoms with E-state index < -0.39 is 5.97 Å². The molecule has 0 aliphatic rings. The van der Waals surface area contributed by atoms with Crippen molar-refractivity contribution in [3.63, 3.8) is 0 Å². The summed E-state index contributed by atoms with van der Waals surface area (Å²) >= 11 is 0. The number of quaternary nitrogens is 1. The van der Waals surface area contributed by atoms with Gasteiger partial charge in [-0.15, -0.1) is 5.10 Å². The summed E-state index contributed by atoms with van der Waals surface area (Å²) in [4.78, 5) is 13.5. The number of nitrogens with one attached hydrogen (secondary N) is 1. The summed E-state index contributed by atoms with van der Waals surface area (Å²) < 4.78 is 11.2. The first-order valence-electron chi connectivity index (χ1n) is 7.55. The Morgan fingerprint density at radius 2 is 2.04 bits per heavy atom. The molecule has 0 aliphatic carbocycles. The molecule has 0 saturated carbocycles. The van der Waals surface area contributed by atoms with Gasteiger partial charge in [0.25, 0.3) is 0 Å². The maximum absolute atomic E-state index is 12.3. The number of anilines is 1. The van der Waals surface area contributed by atoms with Gasteiger partial charge in [-0.3, -0.25) is 0 Å². The molecule has 10 heteroatoms. The molecule has 0 unspecified atom stereocenters. The number of nitrogens with two attached hydrogens (primary N) is 1. The SMILES string of the molecule is CC[NH+](CC)Cc1c(C(=O)OC(C)C)nnn1-c1nonc1N. The Balaban J connectivity index is 2.45. The molecule has 0 saturated heterocycles. The molecule has 0 fully saturated rings. The highest BCUT2D eigenvalue weighted by atomic mass is 16.6. The Morgan fingerprint density at radius 3 is 2.57 bits per heavy atom. The van der Waals surface area contributed by atoms with E-state index in [-0.39, 0.29) is 23.4 Å². The van der Waals surface area contributed by atoms with E-state index in [2.05, 4.69) is 39.1 Å². The quantitative estimate of drug-likeness (QED) is 0.635. The van der Waals surface area contributed by atoms with Gasteiger partial charge in [-0.2, -0.15) is 4.68 Å². The molecule has 2 rings (SSSR count). The van der Waals surface area contributed by atoms with Gasteiger partial charge in [0.1, 0.15) is 12.2 Å². The molecule has 2 aromatic rings. The minimum atomic E-state index is -0.525. The van der Waals surface area contributed by atoms with E-state index in [1.54, 1.807) is 13.8 Å². The second-order valence-electron chi connectivity index (χ2n) is 5.36. The summed E-state index contributed by atoms with van der Waals surface area (Å²) in [5.41, 5.74) is 6.44. The lowest BCUT2D eigenvalue weighted by atomic mass is 10.2. The third kappa shape index (κ3) is 3.65. The molecule has 0 spiro atoms. The summed E-state index contributed by atoms with van der Waals surface area (Å²) in [6.07, 6.45) is -0.250. The predicted octanol–water partition coefficient (Wildman–Crippen LogP) is -0.778. The molecule has 0 radical (unpaired) electrons. The Labute approximate surface area is 133 Å². The molecule has 3 N–H and O–H groups in total. The van der Waals surface area contributed by atoms with Crippen LogP contribution in [0.1, 0.15) is 43.9 Å². The monoisotopic (exact) mass is 324 g/mol. The summed E-state index contributed by atoms with van der Waals surface area (Å²) in [6.45, 7) is 9.96. The summed E-state index contributed by atoms with van der Waals surface area (Å²) in [5, 5.41) is 15.2. The van der Waals surface area contributed by atoms with Gasteiger partial charge < -0.3 is 15.4 Å². The molecule has 126 valence electrons. The molecule has 0 bridgehead atoms. The summed E-state index contributed by atoms with van der Waals surface area (Å²) in [5.74, 6) is -0.236. The van der Waals surface area contributed by atoms with E-state index in [4.69, 9.17) is 10.5 Å². The molecule has 10 nitrogen and oxygen atoms in total. The minimum absolute atomic E-state index is 0.0782. The maximum atomic E-state index is 12.3. The van der Waals surface area contributed by atoms with Crippen LogP contribution in [0.15, 0.2) is 4.63 Å². The van der Waals surface area contributed by atoms with Crippen molar-refractivity contribution in [3.8, 4) is 5.82 Å². The maximum Gasteiger partial charge on any atom is 0.361 e. The fraction of sp³-hybridized carbons (Fsp3) is 0.615. The van der Waals surface area contributed by atoms with Crippen LogP contribution in [0.5, 0.6) is 0 Å². The molecular weight excluding hydrogens is 302 g/mol. The van der Waals surface area contributed by atoms with Crippen molar-refractivity contribution < 1.29 is 19.1 Å². The highest BCUT2D eigenvalue weighted by Gasteiger charge is 2.27. The number of rotatable bonds is 7. The van der Waals surface area contributed by atoms with Gasteiger partial charge in [0, 0.05) is 0 Å². The van der Waals surface area contributed by atoms with Gasteiger partial charge in [-0.25, -0.2) is 9.42 Å². The van der Waals surface area contributed by atoms with Crippen LogP contribution in [0.2, 0.25) is 0 Å². The average Bonchev–Trinajstić information content (AvgIpc) is 3.09. The van der Waals surface area contributed by atoms with Crippen LogP contribution >= 0.6 is 0 Å². The highest BCUT2D eigenvalue weighted by molar-refractivity contribution is 5.88. The van der Waals surface area contributed by atoms with Gasteiger partial charge in [-0.1, -0.05) is 5.21 Å². The lowest BCUT2D eigenvalue weighted by Gasteiger charge is -2.16. The van der Waals surface area contributed by atoms with Crippen LogP contribution in [-0.2, 0) is 11.3 Å². The van der Waals surface area contributed by atoms with Crippen LogP contribution in [0.3, 0.4) is 0 Å². The fourth-order valence-corrected chi connectivity index (χ4v) is 2.13. The fourth-order valence-electron chi connectivity index (χ4n) is 2.13. The van der Waals surface area contributed by atoms with E-state index in [0.717, 1.165) is 13.1 Å². The third-order valence-corrected chi connectivity index (χ3v) is 3.41. The first-order chi connectivity index (χ1) is 11.0. The van der Waals surface area contributed by atoms with Crippen molar-refractivity contribution in [2.24, 2.45) is 0 Å². The molecule has 2 aromatic heterocycles. The molecule has 0 atom stereocenters. The second-order valence-corrected chi connectivity index (χ2v) is 5.36. The summed E-state index contributed by atoms with van der Waals surface area (Å²) in [6, 6.07) is 0. The molecule has 23 heavy (non-hydrogen) atoms. The lowest BCUT2D eigenvalue weighted by Crippen LogP contribution is -3.10. The average molecular weight is 324 g/mol. The van der Waals surface area contributed by atoms with Crippen LogP contribution in [0.25, 0.3) is 5.82 Å². The van der Waals surface area contributed by atoms with Crippen LogP contribution in [0, 0.1) is 0 Å². The van der Waals surface area contributed by atoms with Crippen molar-refractivity contribution in [1.82, 2.24) is 25.3 Å². The van der Waals surface area contributed by atoms with Gasteiger partial charge in [0.05, 0.1) is 19.2 Å².